The smallest absolute Gasteiger partial charge is 0.104 e. The van der Waals surface area contributed by atoms with Crippen LogP contribution in [0.2, 0.25) is 0 Å². The SMILES string of the molecule is C(OCC1CO1)C1CO1.Pc1ccccc1. The van der Waals surface area contributed by atoms with Crippen molar-refractivity contribution in [2.45, 2.75) is 12.2 Å². The lowest BCUT2D eigenvalue weighted by atomic mass is 10.4. The maximum absolute atomic E-state index is 5.23. The molecule has 4 heteroatoms. The maximum Gasteiger partial charge on any atom is 0.104 e. The zero-order chi connectivity index (χ0) is 11.2. The summed E-state index contributed by atoms with van der Waals surface area (Å²) in [6.07, 6.45) is 0.785. The molecule has 3 rings (SSSR count). The van der Waals surface area contributed by atoms with Crippen LogP contribution >= 0.6 is 9.24 Å². The molecule has 2 aliphatic heterocycles. The van der Waals surface area contributed by atoms with Gasteiger partial charge in [-0.05, 0) is 5.30 Å². The van der Waals surface area contributed by atoms with Crippen LogP contribution < -0.4 is 5.30 Å². The van der Waals surface area contributed by atoms with Gasteiger partial charge in [0.2, 0.25) is 0 Å². The highest BCUT2D eigenvalue weighted by Gasteiger charge is 2.26. The van der Waals surface area contributed by atoms with Crippen molar-refractivity contribution in [2.24, 2.45) is 0 Å². The standard InChI is InChI=1S/C6H10O3.C6H7P/c1(5-3-8-5)7-2-6-4-9-6;7-6-4-2-1-3-5-6/h5-6H,1-4H2;1-5H,7H2. The third kappa shape index (κ3) is 5.57. The third-order valence-electron chi connectivity index (χ3n) is 2.21. The quantitative estimate of drug-likeness (QED) is 0.581. The zero-order valence-electron chi connectivity index (χ0n) is 9.17. The predicted octanol–water partition coefficient (Wildman–Crippen LogP) is 0.988. The number of ether oxygens (including phenoxy) is 3. The normalized spacial score (nSPS) is 25.6. The topological polar surface area (TPSA) is 34.3 Å². The van der Waals surface area contributed by atoms with Crippen LogP contribution in [0, 0.1) is 0 Å². The first-order valence-corrected chi connectivity index (χ1v) is 6.04. The molecule has 2 heterocycles. The summed E-state index contributed by atoms with van der Waals surface area (Å²) in [6.45, 7) is 3.26. The molecule has 0 bridgehead atoms. The van der Waals surface area contributed by atoms with Crippen LogP contribution in [-0.2, 0) is 14.2 Å². The predicted molar refractivity (Wildman–Crippen MR) is 66.1 cm³/mol. The van der Waals surface area contributed by atoms with Crippen molar-refractivity contribution in [3.8, 4) is 0 Å². The van der Waals surface area contributed by atoms with Gasteiger partial charge in [0.1, 0.15) is 12.2 Å². The Morgan fingerprint density at radius 2 is 1.56 bits per heavy atom. The van der Waals surface area contributed by atoms with Crippen LogP contribution in [-0.4, -0.2) is 38.6 Å². The first-order chi connectivity index (χ1) is 7.84. The molecule has 16 heavy (non-hydrogen) atoms. The van der Waals surface area contributed by atoms with E-state index >= 15 is 0 Å². The van der Waals surface area contributed by atoms with Gasteiger partial charge in [-0.1, -0.05) is 30.3 Å². The van der Waals surface area contributed by atoms with Crippen molar-refractivity contribution in [2.75, 3.05) is 26.4 Å². The molecule has 3 nitrogen and oxygen atoms in total. The van der Waals surface area contributed by atoms with Gasteiger partial charge in [-0.2, -0.15) is 0 Å². The summed E-state index contributed by atoms with van der Waals surface area (Å²) in [5, 5.41) is 1.24. The minimum absolute atomic E-state index is 0.392. The Morgan fingerprint density at radius 1 is 1.06 bits per heavy atom. The second-order valence-electron chi connectivity index (χ2n) is 3.86. The molecule has 3 unspecified atom stereocenters. The van der Waals surface area contributed by atoms with Crippen molar-refractivity contribution >= 4 is 14.5 Å². The van der Waals surface area contributed by atoms with Gasteiger partial charge in [0, 0.05) is 0 Å². The van der Waals surface area contributed by atoms with Crippen LogP contribution in [0.15, 0.2) is 30.3 Å². The van der Waals surface area contributed by atoms with E-state index in [1.54, 1.807) is 0 Å². The number of benzene rings is 1. The van der Waals surface area contributed by atoms with E-state index in [0.717, 1.165) is 26.4 Å². The van der Waals surface area contributed by atoms with E-state index in [-0.39, 0.29) is 0 Å². The fourth-order valence-corrected chi connectivity index (χ4v) is 1.33. The number of epoxide rings is 2. The van der Waals surface area contributed by atoms with Crippen LogP contribution in [0.3, 0.4) is 0 Å². The molecule has 1 aromatic carbocycles. The largest absolute Gasteiger partial charge is 0.376 e. The summed E-state index contributed by atoms with van der Waals surface area (Å²) < 4.78 is 15.1. The van der Waals surface area contributed by atoms with E-state index in [1.165, 1.54) is 5.30 Å². The number of hydrogen-bond acceptors (Lipinski definition) is 3. The molecule has 2 saturated heterocycles. The summed E-state index contributed by atoms with van der Waals surface area (Å²) in [6, 6.07) is 10.1. The van der Waals surface area contributed by atoms with Gasteiger partial charge in [0.25, 0.3) is 0 Å². The summed E-state index contributed by atoms with van der Waals surface area (Å²) in [5.41, 5.74) is 0. The van der Waals surface area contributed by atoms with E-state index in [4.69, 9.17) is 14.2 Å². The van der Waals surface area contributed by atoms with Crippen LogP contribution in [0.1, 0.15) is 0 Å². The van der Waals surface area contributed by atoms with Crippen molar-refractivity contribution < 1.29 is 14.2 Å². The van der Waals surface area contributed by atoms with Crippen LogP contribution in [0.25, 0.3) is 0 Å². The lowest BCUT2D eigenvalue weighted by Crippen LogP contribution is -2.06. The van der Waals surface area contributed by atoms with E-state index in [2.05, 4.69) is 9.24 Å². The van der Waals surface area contributed by atoms with E-state index in [0.29, 0.717) is 12.2 Å². The van der Waals surface area contributed by atoms with Gasteiger partial charge >= 0.3 is 0 Å². The van der Waals surface area contributed by atoms with Gasteiger partial charge in [-0.15, -0.1) is 9.24 Å². The summed E-state index contributed by atoms with van der Waals surface area (Å²) in [4.78, 5) is 0. The van der Waals surface area contributed by atoms with E-state index < -0.39 is 0 Å². The Balaban J connectivity index is 0.000000125. The summed E-state index contributed by atoms with van der Waals surface area (Å²) in [5.74, 6) is 0. The lowest BCUT2D eigenvalue weighted by molar-refractivity contribution is 0.102. The van der Waals surface area contributed by atoms with E-state index in [1.807, 2.05) is 30.3 Å². The van der Waals surface area contributed by atoms with E-state index in [9.17, 15) is 0 Å². The molecule has 1 aromatic rings. The molecular weight excluding hydrogens is 223 g/mol. The Hall–Kier alpha value is -0.470. The number of rotatable bonds is 4. The second kappa shape index (κ2) is 6.31. The van der Waals surface area contributed by atoms with Gasteiger partial charge in [-0.3, -0.25) is 0 Å². The molecule has 0 spiro atoms. The molecule has 0 amide bonds. The molecule has 2 aliphatic rings. The second-order valence-corrected chi connectivity index (χ2v) is 4.53. The molecule has 0 aliphatic carbocycles. The molecule has 0 radical (unpaired) electrons. The highest BCUT2D eigenvalue weighted by Crippen LogP contribution is 2.12. The van der Waals surface area contributed by atoms with Crippen molar-refractivity contribution in [1.82, 2.24) is 0 Å². The molecule has 0 saturated carbocycles. The van der Waals surface area contributed by atoms with Gasteiger partial charge in [0.05, 0.1) is 26.4 Å². The first kappa shape index (κ1) is 12.0. The highest BCUT2D eigenvalue weighted by atomic mass is 31.0. The molecule has 0 aromatic heterocycles. The van der Waals surface area contributed by atoms with Crippen LogP contribution in [0.4, 0.5) is 0 Å². The monoisotopic (exact) mass is 240 g/mol. The van der Waals surface area contributed by atoms with Gasteiger partial charge in [0.15, 0.2) is 0 Å². The van der Waals surface area contributed by atoms with Gasteiger partial charge in [-0.25, -0.2) is 0 Å². The zero-order valence-corrected chi connectivity index (χ0v) is 10.3. The highest BCUT2D eigenvalue weighted by molar-refractivity contribution is 7.27. The maximum atomic E-state index is 5.23. The molecular formula is C12H17O3P. The average Bonchev–Trinajstić information content (AvgIpc) is 3.14. The Kier molecular flexibility index (Phi) is 4.73. The Morgan fingerprint density at radius 3 is 1.88 bits per heavy atom. The van der Waals surface area contributed by atoms with Crippen molar-refractivity contribution in [3.05, 3.63) is 30.3 Å². The summed E-state index contributed by atoms with van der Waals surface area (Å²) >= 11 is 0. The minimum Gasteiger partial charge on any atom is -0.376 e. The van der Waals surface area contributed by atoms with Crippen LogP contribution in [0.5, 0.6) is 0 Å². The minimum atomic E-state index is 0.392. The summed E-state index contributed by atoms with van der Waals surface area (Å²) in [7, 11) is 2.63. The average molecular weight is 240 g/mol. The fraction of sp³-hybridized carbons (Fsp3) is 0.500. The molecule has 0 N–H and O–H groups in total. The third-order valence-corrected chi connectivity index (χ3v) is 2.60. The van der Waals surface area contributed by atoms with Gasteiger partial charge < -0.3 is 14.2 Å². The number of hydrogen-bond donors (Lipinski definition) is 0. The first-order valence-electron chi connectivity index (χ1n) is 5.46. The Labute approximate surface area is 98.3 Å². The van der Waals surface area contributed by atoms with Crippen molar-refractivity contribution in [1.29, 1.82) is 0 Å². The molecule has 2 fully saturated rings. The lowest BCUT2D eigenvalue weighted by Gasteiger charge is -1.95. The molecule has 3 atom stereocenters. The fourth-order valence-electron chi connectivity index (χ4n) is 1.11. The molecule has 88 valence electrons. The Bertz CT molecular complexity index is 284. The van der Waals surface area contributed by atoms with Crippen molar-refractivity contribution in [3.63, 3.8) is 0 Å².